The monoisotopic (exact) mass is 426 g/mol. The predicted octanol–water partition coefficient (Wildman–Crippen LogP) is 6.92. The molecule has 2 aromatic carbocycles. The van der Waals surface area contributed by atoms with E-state index in [2.05, 4.69) is 10.2 Å². The molecule has 27 heavy (non-hydrogen) atoms. The molecule has 9 heteroatoms. The minimum absolute atomic E-state index is 0.274. The predicted molar refractivity (Wildman–Crippen MR) is 101 cm³/mol. The number of aromatic nitrogens is 2. The molecule has 0 amide bonds. The van der Waals surface area contributed by atoms with Crippen LogP contribution in [0.4, 0.5) is 13.2 Å². The van der Waals surface area contributed by atoms with Crippen molar-refractivity contribution in [2.24, 2.45) is 0 Å². The molecule has 138 valence electrons. The van der Waals surface area contributed by atoms with Gasteiger partial charge in [-0.25, -0.2) is 0 Å². The average molecular weight is 427 g/mol. The van der Waals surface area contributed by atoms with E-state index in [0.29, 0.717) is 21.4 Å². The van der Waals surface area contributed by atoms with E-state index >= 15 is 0 Å². The van der Waals surface area contributed by atoms with Gasteiger partial charge in [0, 0.05) is 15.8 Å². The van der Waals surface area contributed by atoms with Crippen LogP contribution in [-0.4, -0.2) is 10.2 Å². The number of fused-ring (bicyclic) bond motifs is 1. The third-order valence-corrected chi connectivity index (χ3v) is 6.31. The van der Waals surface area contributed by atoms with Crippen molar-refractivity contribution in [2.75, 3.05) is 0 Å². The molecule has 0 aliphatic carbocycles. The van der Waals surface area contributed by atoms with Crippen LogP contribution in [0.15, 0.2) is 58.2 Å². The highest BCUT2D eigenvalue weighted by Gasteiger charge is 2.30. The second-order valence-corrected chi connectivity index (χ2v) is 7.96. The third kappa shape index (κ3) is 3.83. The molecule has 0 bridgehead atoms. The number of nitrogens with zero attached hydrogens (tertiary/aromatic N) is 2. The molecule has 0 unspecified atom stereocenters. The molecule has 0 saturated carbocycles. The van der Waals surface area contributed by atoms with Gasteiger partial charge in [0.2, 0.25) is 0 Å². The Bertz CT molecular complexity index is 1110. The summed E-state index contributed by atoms with van der Waals surface area (Å²) in [4.78, 5) is 0.677. The van der Waals surface area contributed by atoms with E-state index in [9.17, 15) is 13.2 Å². The Balaban J connectivity index is 1.52. The molecule has 0 spiro atoms. The van der Waals surface area contributed by atoms with Crippen molar-refractivity contribution in [1.29, 1.82) is 0 Å². The minimum atomic E-state index is -4.36. The number of alkyl halides is 3. The lowest BCUT2D eigenvalue weighted by atomic mass is 10.1. The van der Waals surface area contributed by atoms with Gasteiger partial charge in [-0.2, -0.15) is 13.2 Å². The van der Waals surface area contributed by atoms with Crippen molar-refractivity contribution in [2.45, 2.75) is 17.2 Å². The number of thioether (sulfide) groups is 1. The summed E-state index contributed by atoms with van der Waals surface area (Å²) in [6.45, 7) is 0. The summed E-state index contributed by atoms with van der Waals surface area (Å²) in [5, 5.41) is 9.72. The first kappa shape index (κ1) is 18.3. The molecule has 0 N–H and O–H groups in total. The van der Waals surface area contributed by atoms with Gasteiger partial charge in [0.1, 0.15) is 4.88 Å². The van der Waals surface area contributed by atoms with Gasteiger partial charge in [0.25, 0.3) is 11.1 Å². The van der Waals surface area contributed by atoms with Gasteiger partial charge in [-0.05, 0) is 17.7 Å². The van der Waals surface area contributed by atoms with Gasteiger partial charge in [-0.1, -0.05) is 59.8 Å². The van der Waals surface area contributed by atoms with E-state index in [-0.39, 0.29) is 11.0 Å². The highest BCUT2D eigenvalue weighted by atomic mass is 35.5. The standard InChI is InChI=1S/C18H10ClF3N2OS2/c19-14-12-6-1-2-7-13(12)27-15(14)16-23-24-17(25-16)26-9-10-4-3-5-11(8-10)18(20,21)22/h1-8H,9H2. The second kappa shape index (κ2) is 7.18. The molecule has 0 aliphatic rings. The van der Waals surface area contributed by atoms with Crippen molar-refractivity contribution < 1.29 is 17.6 Å². The fraction of sp³-hybridized carbons (Fsp3) is 0.111. The maximum Gasteiger partial charge on any atom is 0.416 e. The van der Waals surface area contributed by atoms with Gasteiger partial charge in [-0.15, -0.1) is 21.5 Å². The molecule has 4 aromatic rings. The normalized spacial score (nSPS) is 12.0. The summed E-state index contributed by atoms with van der Waals surface area (Å²) in [6.07, 6.45) is -4.36. The Labute approximate surface area is 165 Å². The summed E-state index contributed by atoms with van der Waals surface area (Å²) in [6, 6.07) is 12.9. The van der Waals surface area contributed by atoms with Gasteiger partial charge in [-0.3, -0.25) is 0 Å². The fourth-order valence-corrected chi connectivity index (χ4v) is 4.63. The molecule has 0 fully saturated rings. The van der Waals surface area contributed by atoms with Crippen molar-refractivity contribution in [3.63, 3.8) is 0 Å². The first-order valence-corrected chi connectivity index (χ1v) is 9.89. The van der Waals surface area contributed by atoms with Crippen molar-refractivity contribution in [1.82, 2.24) is 10.2 Å². The first-order valence-electron chi connectivity index (χ1n) is 7.71. The third-order valence-electron chi connectivity index (χ3n) is 3.75. The molecule has 2 aromatic heterocycles. The van der Waals surface area contributed by atoms with Gasteiger partial charge in [0.15, 0.2) is 0 Å². The number of hydrogen-bond donors (Lipinski definition) is 0. The molecule has 2 heterocycles. The number of hydrogen-bond acceptors (Lipinski definition) is 5. The van der Waals surface area contributed by atoms with Crippen molar-refractivity contribution in [3.8, 4) is 10.8 Å². The zero-order chi connectivity index (χ0) is 19.0. The zero-order valence-electron chi connectivity index (χ0n) is 13.5. The molecule has 0 atom stereocenters. The maximum absolute atomic E-state index is 12.8. The highest BCUT2D eigenvalue weighted by molar-refractivity contribution is 7.98. The quantitative estimate of drug-likeness (QED) is 0.332. The Morgan fingerprint density at radius 2 is 1.89 bits per heavy atom. The van der Waals surface area contributed by atoms with Crippen LogP contribution in [0.2, 0.25) is 5.02 Å². The lowest BCUT2D eigenvalue weighted by Gasteiger charge is -2.07. The summed E-state index contributed by atoms with van der Waals surface area (Å²) < 4.78 is 45.0. The summed E-state index contributed by atoms with van der Waals surface area (Å²) in [5.74, 6) is 0.582. The lowest BCUT2D eigenvalue weighted by molar-refractivity contribution is -0.137. The second-order valence-electron chi connectivity index (χ2n) is 5.60. The van der Waals surface area contributed by atoms with Crippen LogP contribution in [0.25, 0.3) is 20.9 Å². The Morgan fingerprint density at radius 3 is 2.67 bits per heavy atom. The van der Waals surface area contributed by atoms with Crippen molar-refractivity contribution >= 4 is 44.8 Å². The first-order chi connectivity index (χ1) is 12.9. The smallest absolute Gasteiger partial charge is 0.410 e. The molecular formula is C18H10ClF3N2OS2. The summed E-state index contributed by atoms with van der Waals surface area (Å²) >= 11 is 9.03. The van der Waals surface area contributed by atoms with Gasteiger partial charge >= 0.3 is 6.18 Å². The maximum atomic E-state index is 12.8. The number of rotatable bonds is 4. The SMILES string of the molecule is FC(F)(F)c1cccc(CSc2nnc(-c3sc4ccccc4c3Cl)o2)c1. The van der Waals surface area contributed by atoms with Crippen LogP contribution in [0.3, 0.4) is 0 Å². The van der Waals surface area contributed by atoms with Crippen LogP contribution in [0.1, 0.15) is 11.1 Å². The lowest BCUT2D eigenvalue weighted by Crippen LogP contribution is -2.04. The molecule has 3 nitrogen and oxygen atoms in total. The number of halogens is 4. The van der Waals surface area contributed by atoms with Crippen LogP contribution in [0.5, 0.6) is 0 Å². The fourth-order valence-electron chi connectivity index (χ4n) is 2.49. The minimum Gasteiger partial charge on any atom is -0.410 e. The Kier molecular flexibility index (Phi) is 4.88. The van der Waals surface area contributed by atoms with Crippen LogP contribution >= 0.6 is 34.7 Å². The molecule has 0 saturated heterocycles. The summed E-state index contributed by atoms with van der Waals surface area (Å²) in [7, 11) is 0. The largest absolute Gasteiger partial charge is 0.416 e. The molecule has 0 radical (unpaired) electrons. The van der Waals surface area contributed by atoms with Crippen LogP contribution < -0.4 is 0 Å². The van der Waals surface area contributed by atoms with Crippen molar-refractivity contribution in [3.05, 3.63) is 64.7 Å². The van der Waals surface area contributed by atoms with E-state index in [1.54, 1.807) is 6.07 Å². The van der Waals surface area contributed by atoms with Gasteiger partial charge < -0.3 is 4.42 Å². The van der Waals surface area contributed by atoms with Gasteiger partial charge in [0.05, 0.1) is 10.6 Å². The van der Waals surface area contributed by atoms with E-state index in [4.69, 9.17) is 16.0 Å². The van der Waals surface area contributed by atoms with E-state index < -0.39 is 11.7 Å². The van der Waals surface area contributed by atoms with E-state index in [1.165, 1.54) is 29.2 Å². The van der Waals surface area contributed by atoms with E-state index in [0.717, 1.165) is 22.2 Å². The number of thiophene rings is 1. The highest BCUT2D eigenvalue weighted by Crippen LogP contribution is 2.42. The molecule has 4 rings (SSSR count). The zero-order valence-corrected chi connectivity index (χ0v) is 15.8. The summed E-state index contributed by atoms with van der Waals surface area (Å²) in [5.41, 5.74) is -0.154. The topological polar surface area (TPSA) is 38.9 Å². The average Bonchev–Trinajstić information content (AvgIpc) is 3.24. The number of benzene rings is 2. The van der Waals surface area contributed by atoms with Crippen LogP contribution in [-0.2, 0) is 11.9 Å². The molecular weight excluding hydrogens is 417 g/mol. The molecule has 0 aliphatic heterocycles. The van der Waals surface area contributed by atoms with E-state index in [1.807, 2.05) is 24.3 Å². The Hall–Kier alpha value is -2.03. The Morgan fingerprint density at radius 1 is 1.07 bits per heavy atom. The van der Waals surface area contributed by atoms with Crippen LogP contribution in [0, 0.1) is 0 Å².